The van der Waals surface area contributed by atoms with Crippen molar-refractivity contribution in [3.63, 3.8) is 0 Å². The van der Waals surface area contributed by atoms with Crippen molar-refractivity contribution >= 4 is 0 Å². The molecule has 0 aliphatic carbocycles. The molecule has 0 aliphatic heterocycles. The van der Waals surface area contributed by atoms with Crippen molar-refractivity contribution in [2.24, 2.45) is 5.92 Å². The highest BCUT2D eigenvalue weighted by Crippen LogP contribution is 2.10. The predicted octanol–water partition coefficient (Wildman–Crippen LogP) is 4.58. The SMILES string of the molecule is [CH2]CCCCCC=CC(C[CH2])CC. The van der Waals surface area contributed by atoms with Gasteiger partial charge in [0.05, 0.1) is 0 Å². The lowest BCUT2D eigenvalue weighted by molar-refractivity contribution is 0.629. The van der Waals surface area contributed by atoms with Crippen LogP contribution in [0.25, 0.3) is 0 Å². The van der Waals surface area contributed by atoms with E-state index in [9.17, 15) is 0 Å². The number of rotatable bonds is 8. The third kappa shape index (κ3) is 8.08. The van der Waals surface area contributed by atoms with Crippen molar-refractivity contribution in [1.82, 2.24) is 0 Å². The molecule has 0 rings (SSSR count). The van der Waals surface area contributed by atoms with Gasteiger partial charge in [0.2, 0.25) is 0 Å². The molecule has 0 saturated heterocycles. The zero-order chi connectivity index (χ0) is 9.94. The van der Waals surface area contributed by atoms with E-state index in [4.69, 9.17) is 0 Å². The van der Waals surface area contributed by atoms with Gasteiger partial charge < -0.3 is 0 Å². The van der Waals surface area contributed by atoms with Gasteiger partial charge in [-0.25, -0.2) is 0 Å². The summed E-state index contributed by atoms with van der Waals surface area (Å²) in [5.41, 5.74) is 0. The van der Waals surface area contributed by atoms with Gasteiger partial charge in [-0.15, -0.1) is 0 Å². The Morgan fingerprint density at radius 3 is 2.46 bits per heavy atom. The van der Waals surface area contributed by atoms with Crippen LogP contribution in [0.5, 0.6) is 0 Å². The number of hydrogen-bond donors (Lipinski definition) is 0. The number of allylic oxidation sites excluding steroid dienone is 2. The Bertz CT molecular complexity index is 109. The molecule has 0 spiro atoms. The lowest BCUT2D eigenvalue weighted by atomic mass is 10.0. The molecular formula is C13H24. The molecular weight excluding hydrogens is 156 g/mol. The molecule has 0 N–H and O–H groups in total. The summed E-state index contributed by atoms with van der Waals surface area (Å²) in [6.45, 7) is 9.98. The van der Waals surface area contributed by atoms with Crippen molar-refractivity contribution in [3.8, 4) is 0 Å². The molecule has 0 aromatic heterocycles. The molecule has 1 unspecified atom stereocenters. The first-order valence-corrected chi connectivity index (χ1v) is 5.60. The minimum absolute atomic E-state index is 0.702. The second-order valence-electron chi connectivity index (χ2n) is 3.59. The number of hydrogen-bond acceptors (Lipinski definition) is 0. The van der Waals surface area contributed by atoms with Crippen LogP contribution in [0.1, 0.15) is 51.9 Å². The first-order chi connectivity index (χ1) is 6.35. The minimum Gasteiger partial charge on any atom is -0.0883 e. The van der Waals surface area contributed by atoms with E-state index < -0.39 is 0 Å². The fraction of sp³-hybridized carbons (Fsp3) is 0.692. The maximum atomic E-state index is 3.93. The Kier molecular flexibility index (Phi) is 9.63. The highest BCUT2D eigenvalue weighted by molar-refractivity contribution is 4.88. The normalized spacial score (nSPS) is 11.7. The molecule has 0 aliphatic rings. The van der Waals surface area contributed by atoms with Crippen molar-refractivity contribution in [1.29, 1.82) is 0 Å². The summed E-state index contributed by atoms with van der Waals surface area (Å²) in [6, 6.07) is 0. The largest absolute Gasteiger partial charge is 0.0883 e. The molecule has 76 valence electrons. The molecule has 0 heterocycles. The predicted molar refractivity (Wildman–Crippen MR) is 61.3 cm³/mol. The summed E-state index contributed by atoms with van der Waals surface area (Å²) in [6.07, 6.45) is 13.1. The molecule has 0 fully saturated rings. The van der Waals surface area contributed by atoms with Gasteiger partial charge in [0, 0.05) is 0 Å². The molecule has 1 atom stereocenters. The highest BCUT2D eigenvalue weighted by Gasteiger charge is 1.95. The summed E-state index contributed by atoms with van der Waals surface area (Å²) in [4.78, 5) is 0. The lowest BCUT2D eigenvalue weighted by Crippen LogP contribution is -1.90. The van der Waals surface area contributed by atoms with Crippen LogP contribution in [0, 0.1) is 19.8 Å². The summed E-state index contributed by atoms with van der Waals surface area (Å²) >= 11 is 0. The fourth-order valence-electron chi connectivity index (χ4n) is 1.34. The second-order valence-corrected chi connectivity index (χ2v) is 3.59. The summed E-state index contributed by atoms with van der Waals surface area (Å²) < 4.78 is 0. The smallest absolute Gasteiger partial charge is 0.0236 e. The summed E-state index contributed by atoms with van der Waals surface area (Å²) in [5.74, 6) is 0.702. The van der Waals surface area contributed by atoms with Gasteiger partial charge in [0.15, 0.2) is 0 Å². The molecule has 0 amide bonds. The third-order valence-corrected chi connectivity index (χ3v) is 2.42. The Morgan fingerprint density at radius 1 is 1.15 bits per heavy atom. The Balaban J connectivity index is 3.28. The van der Waals surface area contributed by atoms with E-state index in [1.807, 2.05) is 0 Å². The Morgan fingerprint density at radius 2 is 1.92 bits per heavy atom. The van der Waals surface area contributed by atoms with Crippen molar-refractivity contribution < 1.29 is 0 Å². The molecule has 0 aromatic carbocycles. The van der Waals surface area contributed by atoms with E-state index in [0.29, 0.717) is 5.92 Å². The van der Waals surface area contributed by atoms with E-state index in [1.54, 1.807) is 0 Å². The van der Waals surface area contributed by atoms with E-state index in [2.05, 4.69) is 32.9 Å². The topological polar surface area (TPSA) is 0 Å². The standard InChI is InChI=1S/C13H24/c1-4-7-8-9-10-11-12-13(5-2)6-3/h11-13H,1-2,4-10H2,3H3. The molecule has 13 heavy (non-hydrogen) atoms. The molecule has 0 saturated carbocycles. The average molecular weight is 180 g/mol. The first kappa shape index (κ1) is 12.7. The van der Waals surface area contributed by atoms with Crippen molar-refractivity contribution in [3.05, 3.63) is 26.0 Å². The van der Waals surface area contributed by atoms with Gasteiger partial charge in [-0.2, -0.15) is 0 Å². The summed E-state index contributed by atoms with van der Waals surface area (Å²) in [7, 11) is 0. The van der Waals surface area contributed by atoms with Crippen LogP contribution in [-0.4, -0.2) is 0 Å². The molecule has 2 radical (unpaired) electrons. The van der Waals surface area contributed by atoms with Crippen LogP contribution in [0.3, 0.4) is 0 Å². The van der Waals surface area contributed by atoms with Gasteiger partial charge in [-0.1, -0.05) is 52.2 Å². The van der Waals surface area contributed by atoms with Crippen LogP contribution in [0.2, 0.25) is 0 Å². The van der Waals surface area contributed by atoms with Crippen LogP contribution in [0.15, 0.2) is 12.2 Å². The first-order valence-electron chi connectivity index (χ1n) is 5.60. The maximum Gasteiger partial charge on any atom is -0.0236 e. The molecule has 0 aromatic rings. The van der Waals surface area contributed by atoms with Crippen molar-refractivity contribution in [2.45, 2.75) is 51.9 Å². The lowest BCUT2D eigenvalue weighted by Gasteiger charge is -2.04. The quantitative estimate of drug-likeness (QED) is 0.379. The molecule has 0 nitrogen and oxygen atoms in total. The number of unbranched alkanes of at least 4 members (excludes halogenated alkanes) is 4. The van der Waals surface area contributed by atoms with Gasteiger partial charge in [-0.3, -0.25) is 0 Å². The zero-order valence-electron chi connectivity index (χ0n) is 9.10. The van der Waals surface area contributed by atoms with E-state index >= 15 is 0 Å². The van der Waals surface area contributed by atoms with Gasteiger partial charge in [0.1, 0.15) is 0 Å². The average Bonchev–Trinajstić information content (AvgIpc) is 2.17. The highest BCUT2D eigenvalue weighted by atomic mass is 14.0. The minimum atomic E-state index is 0.702. The Hall–Kier alpha value is -0.260. The van der Waals surface area contributed by atoms with E-state index in [-0.39, 0.29) is 0 Å². The van der Waals surface area contributed by atoms with Gasteiger partial charge >= 0.3 is 0 Å². The van der Waals surface area contributed by atoms with E-state index in [1.165, 1.54) is 32.1 Å². The fourth-order valence-corrected chi connectivity index (χ4v) is 1.34. The second kappa shape index (κ2) is 9.83. The van der Waals surface area contributed by atoms with Gasteiger partial charge in [-0.05, 0) is 31.6 Å². The Labute approximate surface area is 84.4 Å². The van der Waals surface area contributed by atoms with Crippen LogP contribution < -0.4 is 0 Å². The summed E-state index contributed by atoms with van der Waals surface area (Å²) in [5, 5.41) is 0. The molecule has 0 heteroatoms. The maximum absolute atomic E-state index is 3.93. The molecule has 0 bridgehead atoms. The van der Waals surface area contributed by atoms with Crippen molar-refractivity contribution in [2.75, 3.05) is 0 Å². The monoisotopic (exact) mass is 180 g/mol. The van der Waals surface area contributed by atoms with Crippen LogP contribution >= 0.6 is 0 Å². The third-order valence-electron chi connectivity index (χ3n) is 2.42. The van der Waals surface area contributed by atoms with Gasteiger partial charge in [0.25, 0.3) is 0 Å². The van der Waals surface area contributed by atoms with E-state index in [0.717, 1.165) is 12.8 Å². The van der Waals surface area contributed by atoms with Crippen LogP contribution in [0.4, 0.5) is 0 Å². The van der Waals surface area contributed by atoms with Crippen LogP contribution in [-0.2, 0) is 0 Å². The zero-order valence-corrected chi connectivity index (χ0v) is 9.10.